The van der Waals surface area contributed by atoms with E-state index in [-0.39, 0.29) is 5.91 Å². The molecule has 2 heterocycles. The minimum absolute atomic E-state index is 0.0166. The largest absolute Gasteiger partial charge is 0.335 e. The maximum atomic E-state index is 13.0. The van der Waals surface area contributed by atoms with Crippen molar-refractivity contribution in [3.8, 4) is 11.3 Å². The second-order valence-electron chi connectivity index (χ2n) is 7.75. The van der Waals surface area contributed by atoms with Crippen molar-refractivity contribution in [2.24, 2.45) is 0 Å². The zero-order valence-electron chi connectivity index (χ0n) is 16.1. The Morgan fingerprint density at radius 3 is 2.33 bits per heavy atom. The first kappa shape index (κ1) is 18.1. The lowest BCUT2D eigenvalue weighted by atomic mass is 9.94. The molecule has 5 heteroatoms. The van der Waals surface area contributed by atoms with Crippen LogP contribution in [0, 0.1) is 6.92 Å². The van der Waals surface area contributed by atoms with E-state index in [4.69, 9.17) is 0 Å². The first-order chi connectivity index (χ1) is 13.2. The van der Waals surface area contributed by atoms with Crippen LogP contribution in [-0.4, -0.2) is 58.1 Å². The molecule has 1 saturated heterocycles. The Bertz CT molecular complexity index is 778. The molecule has 1 aliphatic carbocycles. The standard InChI is InChI=1S/C22H28N4O/c1-17-16-20(18-8-4-2-5-9-18)23-24-21(17)22(27)26-14-12-25(13-15-26)19-10-6-3-7-11-19/h2,4-5,8-9,16,19H,3,6-7,10-15H2,1H3. The lowest BCUT2D eigenvalue weighted by Gasteiger charge is -2.40. The van der Waals surface area contributed by atoms with Crippen molar-refractivity contribution >= 4 is 5.91 Å². The van der Waals surface area contributed by atoms with Gasteiger partial charge in [-0.2, -0.15) is 0 Å². The molecule has 2 aromatic rings. The molecule has 27 heavy (non-hydrogen) atoms. The number of piperazine rings is 1. The van der Waals surface area contributed by atoms with E-state index in [1.165, 1.54) is 32.1 Å². The normalized spacial score (nSPS) is 19.2. The van der Waals surface area contributed by atoms with E-state index in [1.807, 2.05) is 48.2 Å². The topological polar surface area (TPSA) is 49.3 Å². The predicted octanol–water partition coefficient (Wildman–Crippen LogP) is 3.54. The Kier molecular flexibility index (Phi) is 5.48. The van der Waals surface area contributed by atoms with Crippen LogP contribution in [0.3, 0.4) is 0 Å². The molecule has 1 aromatic heterocycles. The molecule has 1 aliphatic heterocycles. The van der Waals surface area contributed by atoms with Gasteiger partial charge in [0.2, 0.25) is 0 Å². The van der Waals surface area contributed by atoms with Crippen LogP contribution in [-0.2, 0) is 0 Å². The molecule has 1 saturated carbocycles. The third-order valence-corrected chi connectivity index (χ3v) is 5.95. The van der Waals surface area contributed by atoms with Gasteiger partial charge in [0.05, 0.1) is 5.69 Å². The number of hydrogen-bond donors (Lipinski definition) is 0. The number of carbonyl (C=O) groups excluding carboxylic acids is 1. The van der Waals surface area contributed by atoms with E-state index >= 15 is 0 Å². The first-order valence-corrected chi connectivity index (χ1v) is 10.2. The van der Waals surface area contributed by atoms with Crippen LogP contribution in [0.4, 0.5) is 0 Å². The summed E-state index contributed by atoms with van der Waals surface area (Å²) < 4.78 is 0. The van der Waals surface area contributed by atoms with E-state index in [9.17, 15) is 4.79 Å². The van der Waals surface area contributed by atoms with Crippen LogP contribution in [0.25, 0.3) is 11.3 Å². The number of nitrogens with zero attached hydrogens (tertiary/aromatic N) is 4. The molecule has 4 rings (SSSR count). The SMILES string of the molecule is Cc1cc(-c2ccccc2)nnc1C(=O)N1CCN(C2CCCCC2)CC1. The highest BCUT2D eigenvalue weighted by Crippen LogP contribution is 2.24. The van der Waals surface area contributed by atoms with Crippen LogP contribution in [0.1, 0.15) is 48.2 Å². The predicted molar refractivity (Wildman–Crippen MR) is 107 cm³/mol. The number of benzene rings is 1. The van der Waals surface area contributed by atoms with Gasteiger partial charge in [0.25, 0.3) is 5.91 Å². The van der Waals surface area contributed by atoms with Crippen molar-refractivity contribution in [1.29, 1.82) is 0 Å². The molecule has 0 radical (unpaired) electrons. The van der Waals surface area contributed by atoms with E-state index in [2.05, 4.69) is 15.1 Å². The molecule has 0 N–H and O–H groups in total. The first-order valence-electron chi connectivity index (χ1n) is 10.2. The summed E-state index contributed by atoms with van der Waals surface area (Å²) in [6.45, 7) is 5.48. The maximum Gasteiger partial charge on any atom is 0.274 e. The Morgan fingerprint density at radius 1 is 0.963 bits per heavy atom. The molecule has 1 aromatic carbocycles. The molecule has 0 unspecified atom stereocenters. The molecule has 2 fully saturated rings. The van der Waals surface area contributed by atoms with E-state index in [1.54, 1.807) is 0 Å². The highest BCUT2D eigenvalue weighted by molar-refractivity contribution is 5.93. The van der Waals surface area contributed by atoms with Crippen molar-refractivity contribution in [3.63, 3.8) is 0 Å². The Labute approximate surface area is 161 Å². The summed E-state index contributed by atoms with van der Waals surface area (Å²) in [4.78, 5) is 17.5. The minimum Gasteiger partial charge on any atom is -0.335 e. The number of rotatable bonds is 3. The zero-order valence-corrected chi connectivity index (χ0v) is 16.1. The van der Waals surface area contributed by atoms with Crippen LogP contribution >= 0.6 is 0 Å². The lowest BCUT2D eigenvalue weighted by Crippen LogP contribution is -2.52. The third kappa shape index (κ3) is 4.03. The Morgan fingerprint density at radius 2 is 1.67 bits per heavy atom. The summed E-state index contributed by atoms with van der Waals surface area (Å²) in [5.74, 6) is 0.0166. The van der Waals surface area contributed by atoms with Crippen molar-refractivity contribution in [3.05, 3.63) is 47.7 Å². The molecule has 5 nitrogen and oxygen atoms in total. The Balaban J connectivity index is 1.41. The second-order valence-corrected chi connectivity index (χ2v) is 7.75. The van der Waals surface area contributed by atoms with Gasteiger partial charge >= 0.3 is 0 Å². The van der Waals surface area contributed by atoms with Crippen LogP contribution < -0.4 is 0 Å². The van der Waals surface area contributed by atoms with Crippen molar-refractivity contribution in [1.82, 2.24) is 20.0 Å². The summed E-state index contributed by atoms with van der Waals surface area (Å²) in [6, 6.07) is 12.7. The number of aryl methyl sites for hydroxylation is 1. The highest BCUT2D eigenvalue weighted by atomic mass is 16.2. The summed E-state index contributed by atoms with van der Waals surface area (Å²) in [5.41, 5.74) is 3.21. The van der Waals surface area contributed by atoms with Crippen LogP contribution in [0.5, 0.6) is 0 Å². The lowest BCUT2D eigenvalue weighted by molar-refractivity contribution is 0.0517. The maximum absolute atomic E-state index is 13.0. The van der Waals surface area contributed by atoms with Gasteiger partial charge in [0.15, 0.2) is 5.69 Å². The van der Waals surface area contributed by atoms with Gasteiger partial charge in [-0.1, -0.05) is 49.6 Å². The molecule has 0 bridgehead atoms. The fraction of sp³-hybridized carbons (Fsp3) is 0.500. The second kappa shape index (κ2) is 8.17. The van der Waals surface area contributed by atoms with Gasteiger partial charge in [-0.15, -0.1) is 10.2 Å². The van der Waals surface area contributed by atoms with Gasteiger partial charge in [-0.05, 0) is 31.4 Å². The molecule has 1 amide bonds. The van der Waals surface area contributed by atoms with Crippen molar-refractivity contribution < 1.29 is 4.79 Å². The summed E-state index contributed by atoms with van der Waals surface area (Å²) in [5, 5.41) is 8.59. The molecule has 0 atom stereocenters. The molecule has 0 spiro atoms. The van der Waals surface area contributed by atoms with Crippen LogP contribution in [0.2, 0.25) is 0 Å². The Hall–Kier alpha value is -2.27. The molecule has 142 valence electrons. The van der Waals surface area contributed by atoms with Crippen LogP contribution in [0.15, 0.2) is 36.4 Å². The van der Waals surface area contributed by atoms with E-state index < -0.39 is 0 Å². The average molecular weight is 364 g/mol. The van der Waals surface area contributed by atoms with E-state index in [0.29, 0.717) is 5.69 Å². The van der Waals surface area contributed by atoms with Crippen molar-refractivity contribution in [2.45, 2.75) is 45.1 Å². The fourth-order valence-electron chi connectivity index (χ4n) is 4.33. The molecule has 2 aliphatic rings. The highest BCUT2D eigenvalue weighted by Gasteiger charge is 2.28. The zero-order chi connectivity index (χ0) is 18.6. The summed E-state index contributed by atoms with van der Waals surface area (Å²) in [6.07, 6.45) is 6.73. The van der Waals surface area contributed by atoms with Gasteiger partial charge in [-0.3, -0.25) is 9.69 Å². The quantitative estimate of drug-likeness (QED) is 0.836. The summed E-state index contributed by atoms with van der Waals surface area (Å²) in [7, 11) is 0. The van der Waals surface area contributed by atoms with Gasteiger partial charge in [-0.25, -0.2) is 0 Å². The van der Waals surface area contributed by atoms with Gasteiger partial charge < -0.3 is 4.90 Å². The summed E-state index contributed by atoms with van der Waals surface area (Å²) >= 11 is 0. The minimum atomic E-state index is 0.0166. The monoisotopic (exact) mass is 364 g/mol. The average Bonchev–Trinajstić information content (AvgIpc) is 2.74. The number of hydrogen-bond acceptors (Lipinski definition) is 4. The number of aromatic nitrogens is 2. The third-order valence-electron chi connectivity index (χ3n) is 5.95. The number of carbonyl (C=O) groups is 1. The smallest absolute Gasteiger partial charge is 0.274 e. The van der Waals surface area contributed by atoms with Gasteiger partial charge in [0, 0.05) is 37.8 Å². The van der Waals surface area contributed by atoms with E-state index in [0.717, 1.165) is 49.0 Å². The molecular formula is C22H28N4O. The fourth-order valence-corrected chi connectivity index (χ4v) is 4.33. The molecular weight excluding hydrogens is 336 g/mol. The number of amides is 1. The van der Waals surface area contributed by atoms with Crippen molar-refractivity contribution in [2.75, 3.05) is 26.2 Å². The van der Waals surface area contributed by atoms with Gasteiger partial charge in [0.1, 0.15) is 0 Å².